The van der Waals surface area contributed by atoms with Crippen LogP contribution in [-0.4, -0.2) is 0 Å². The lowest BCUT2D eigenvalue weighted by atomic mass is 9.74. The number of hydrogen-bond acceptors (Lipinski definition) is 0. The molecule has 2 heteroatoms. The summed E-state index contributed by atoms with van der Waals surface area (Å²) in [5.74, 6) is 2.89. The average molecular weight is 377 g/mol. The number of rotatable bonds is 5. The SMILES string of the molecule is C/C=C/C1CCC(CCC2CCC(c3ccc(C)c(F)c3Cl)CC2)CC1. The van der Waals surface area contributed by atoms with E-state index in [4.69, 9.17) is 11.6 Å². The summed E-state index contributed by atoms with van der Waals surface area (Å²) in [5, 5.41) is 0.367. The van der Waals surface area contributed by atoms with E-state index in [1.165, 1.54) is 64.2 Å². The fourth-order valence-corrected chi connectivity index (χ4v) is 5.52. The van der Waals surface area contributed by atoms with Gasteiger partial charge in [0.25, 0.3) is 0 Å². The predicted octanol–water partition coefficient (Wildman–Crippen LogP) is 8.22. The normalized spacial score (nSPS) is 30.0. The highest BCUT2D eigenvalue weighted by atomic mass is 35.5. The minimum atomic E-state index is -0.222. The summed E-state index contributed by atoms with van der Waals surface area (Å²) in [6, 6.07) is 3.93. The molecule has 0 nitrogen and oxygen atoms in total. The molecule has 2 aliphatic rings. The van der Waals surface area contributed by atoms with Crippen molar-refractivity contribution in [2.24, 2.45) is 17.8 Å². The maximum absolute atomic E-state index is 14.1. The van der Waals surface area contributed by atoms with Crippen molar-refractivity contribution in [2.75, 3.05) is 0 Å². The summed E-state index contributed by atoms with van der Waals surface area (Å²) in [7, 11) is 0. The first kappa shape index (κ1) is 19.9. The van der Waals surface area contributed by atoms with Crippen LogP contribution < -0.4 is 0 Å². The molecule has 0 unspecified atom stereocenters. The lowest BCUT2D eigenvalue weighted by Gasteiger charge is -2.32. The molecule has 0 radical (unpaired) electrons. The molecule has 2 fully saturated rings. The van der Waals surface area contributed by atoms with E-state index >= 15 is 0 Å². The van der Waals surface area contributed by atoms with Gasteiger partial charge in [0, 0.05) is 0 Å². The monoisotopic (exact) mass is 376 g/mol. The first-order valence-electron chi connectivity index (χ1n) is 10.7. The van der Waals surface area contributed by atoms with Gasteiger partial charge >= 0.3 is 0 Å². The molecule has 144 valence electrons. The Labute approximate surface area is 164 Å². The van der Waals surface area contributed by atoms with Crippen molar-refractivity contribution in [3.8, 4) is 0 Å². The highest BCUT2D eigenvalue weighted by molar-refractivity contribution is 6.31. The Hall–Kier alpha value is -0.820. The topological polar surface area (TPSA) is 0 Å². The molecule has 0 heterocycles. The third-order valence-electron chi connectivity index (χ3n) is 6.93. The van der Waals surface area contributed by atoms with Crippen molar-refractivity contribution >= 4 is 11.6 Å². The van der Waals surface area contributed by atoms with Crippen molar-refractivity contribution in [1.82, 2.24) is 0 Å². The van der Waals surface area contributed by atoms with Crippen molar-refractivity contribution < 1.29 is 4.39 Å². The van der Waals surface area contributed by atoms with Gasteiger partial charge in [0.2, 0.25) is 0 Å². The Balaban J connectivity index is 1.43. The van der Waals surface area contributed by atoms with Crippen LogP contribution in [0.3, 0.4) is 0 Å². The summed E-state index contributed by atoms with van der Waals surface area (Å²) >= 11 is 6.29. The molecule has 2 saturated carbocycles. The molecule has 1 aromatic rings. The number of hydrogen-bond donors (Lipinski definition) is 0. The van der Waals surface area contributed by atoms with Crippen molar-refractivity contribution in [1.29, 1.82) is 0 Å². The molecular formula is C24H34ClF. The summed E-state index contributed by atoms with van der Waals surface area (Å²) < 4.78 is 14.1. The van der Waals surface area contributed by atoms with Crippen LogP contribution in [-0.2, 0) is 0 Å². The van der Waals surface area contributed by atoms with E-state index in [0.29, 0.717) is 16.5 Å². The van der Waals surface area contributed by atoms with Gasteiger partial charge in [-0.15, -0.1) is 0 Å². The van der Waals surface area contributed by atoms with Gasteiger partial charge in [-0.05, 0) is 100 Å². The van der Waals surface area contributed by atoms with Gasteiger partial charge in [0.15, 0.2) is 0 Å². The minimum Gasteiger partial charge on any atom is -0.205 e. The van der Waals surface area contributed by atoms with Crippen LogP contribution in [0.1, 0.15) is 88.2 Å². The molecule has 0 N–H and O–H groups in total. The molecule has 2 aliphatic carbocycles. The molecule has 0 spiro atoms. The van der Waals surface area contributed by atoms with Crippen LogP contribution in [0.5, 0.6) is 0 Å². The standard InChI is InChI=1S/C24H34ClF/c1-3-4-18-6-8-19(9-7-18)10-11-20-12-14-21(15-13-20)22-16-5-17(2)24(26)23(22)25/h3-5,16,18-21H,6-15H2,1-2H3/b4-3+. The third kappa shape index (κ3) is 4.91. The number of halogens is 2. The quantitative estimate of drug-likeness (QED) is 0.454. The highest BCUT2D eigenvalue weighted by Gasteiger charge is 2.26. The molecular weight excluding hydrogens is 343 g/mol. The fourth-order valence-electron chi connectivity index (χ4n) is 5.15. The van der Waals surface area contributed by atoms with Crippen LogP contribution in [0, 0.1) is 30.5 Å². The van der Waals surface area contributed by atoms with Crippen molar-refractivity contribution in [2.45, 2.75) is 84.0 Å². The van der Waals surface area contributed by atoms with Gasteiger partial charge in [-0.2, -0.15) is 0 Å². The maximum Gasteiger partial charge on any atom is 0.144 e. The largest absolute Gasteiger partial charge is 0.205 e. The lowest BCUT2D eigenvalue weighted by Crippen LogP contribution is -2.17. The molecule has 0 bridgehead atoms. The average Bonchev–Trinajstić information content (AvgIpc) is 2.67. The second-order valence-electron chi connectivity index (χ2n) is 8.70. The summed E-state index contributed by atoms with van der Waals surface area (Å²) in [6.45, 7) is 3.93. The van der Waals surface area contributed by atoms with Gasteiger partial charge in [-0.3, -0.25) is 0 Å². The first-order valence-corrected chi connectivity index (χ1v) is 11.0. The molecule has 0 aliphatic heterocycles. The van der Waals surface area contributed by atoms with Crippen molar-refractivity contribution in [3.05, 3.63) is 46.3 Å². The second-order valence-corrected chi connectivity index (χ2v) is 9.08. The van der Waals surface area contributed by atoms with E-state index in [-0.39, 0.29) is 5.82 Å². The van der Waals surface area contributed by atoms with Crippen LogP contribution >= 0.6 is 11.6 Å². The summed E-state index contributed by atoms with van der Waals surface area (Å²) in [6.07, 6.45) is 17.9. The fraction of sp³-hybridized carbons (Fsp3) is 0.667. The Morgan fingerprint density at radius 2 is 1.54 bits per heavy atom. The van der Waals surface area contributed by atoms with Crippen LogP contribution in [0.4, 0.5) is 4.39 Å². The zero-order valence-corrected chi connectivity index (χ0v) is 17.2. The van der Waals surface area contributed by atoms with E-state index in [9.17, 15) is 4.39 Å². The number of aryl methyl sites for hydroxylation is 1. The molecule has 26 heavy (non-hydrogen) atoms. The lowest BCUT2D eigenvalue weighted by molar-refractivity contribution is 0.246. The Kier molecular flexibility index (Phi) is 7.20. The van der Waals surface area contributed by atoms with Crippen molar-refractivity contribution in [3.63, 3.8) is 0 Å². The first-order chi connectivity index (χ1) is 12.6. The molecule has 1 aromatic carbocycles. The van der Waals surface area contributed by atoms with E-state index in [1.807, 2.05) is 6.07 Å². The Morgan fingerprint density at radius 1 is 0.962 bits per heavy atom. The van der Waals surface area contributed by atoms with Crippen LogP contribution in [0.2, 0.25) is 5.02 Å². The Bertz CT molecular complexity index is 605. The smallest absolute Gasteiger partial charge is 0.144 e. The van der Waals surface area contributed by atoms with E-state index in [2.05, 4.69) is 25.1 Å². The maximum atomic E-state index is 14.1. The van der Waals surface area contributed by atoms with Gasteiger partial charge in [-0.25, -0.2) is 4.39 Å². The molecule has 0 aromatic heterocycles. The molecule has 3 rings (SSSR count). The molecule has 0 saturated heterocycles. The van der Waals surface area contributed by atoms with E-state index in [1.54, 1.807) is 6.92 Å². The van der Waals surface area contributed by atoms with Gasteiger partial charge < -0.3 is 0 Å². The molecule has 0 atom stereocenters. The Morgan fingerprint density at radius 3 is 2.12 bits per heavy atom. The van der Waals surface area contributed by atoms with Gasteiger partial charge in [-0.1, -0.05) is 48.7 Å². The van der Waals surface area contributed by atoms with Crippen LogP contribution in [0.15, 0.2) is 24.3 Å². The van der Waals surface area contributed by atoms with Gasteiger partial charge in [0.05, 0.1) is 5.02 Å². The summed E-state index contributed by atoms with van der Waals surface area (Å²) in [4.78, 5) is 0. The predicted molar refractivity (Wildman–Crippen MR) is 110 cm³/mol. The van der Waals surface area contributed by atoms with Gasteiger partial charge in [0.1, 0.15) is 5.82 Å². The highest BCUT2D eigenvalue weighted by Crippen LogP contribution is 2.42. The third-order valence-corrected chi connectivity index (χ3v) is 7.32. The van der Waals surface area contributed by atoms with Crippen LogP contribution in [0.25, 0.3) is 0 Å². The zero-order valence-electron chi connectivity index (χ0n) is 16.4. The summed E-state index contributed by atoms with van der Waals surface area (Å²) in [5.41, 5.74) is 1.69. The second kappa shape index (κ2) is 9.40. The number of allylic oxidation sites excluding steroid dienone is 2. The number of benzene rings is 1. The zero-order chi connectivity index (χ0) is 18.5. The van der Waals surface area contributed by atoms with E-state index < -0.39 is 0 Å². The minimum absolute atomic E-state index is 0.222. The van der Waals surface area contributed by atoms with E-state index in [0.717, 1.165) is 23.3 Å². The molecule has 0 amide bonds.